The van der Waals surface area contributed by atoms with Crippen molar-refractivity contribution in [3.05, 3.63) is 54.9 Å². The van der Waals surface area contributed by atoms with Crippen molar-refractivity contribution >= 4 is 50.6 Å². The lowest BCUT2D eigenvalue weighted by atomic mass is 10.2. The average molecular weight is 465 g/mol. The lowest BCUT2D eigenvalue weighted by Crippen LogP contribution is -2.24. The van der Waals surface area contributed by atoms with Gasteiger partial charge in [0, 0.05) is 23.6 Å². The van der Waals surface area contributed by atoms with Crippen LogP contribution in [0.15, 0.2) is 28.2 Å². The molecule has 0 fully saturated rings. The van der Waals surface area contributed by atoms with Crippen molar-refractivity contribution in [1.82, 2.24) is 9.55 Å². The summed E-state index contributed by atoms with van der Waals surface area (Å²) in [7, 11) is 0. The van der Waals surface area contributed by atoms with E-state index in [2.05, 4.69) is 10.3 Å². The number of non-ortho nitro benzene ring substituents is 1. The van der Waals surface area contributed by atoms with Gasteiger partial charge in [0.1, 0.15) is 10.6 Å². The third-order valence-corrected chi connectivity index (χ3v) is 6.83. The maximum absolute atomic E-state index is 13.9. The zero-order valence-corrected chi connectivity index (χ0v) is 18.9. The van der Waals surface area contributed by atoms with E-state index in [9.17, 15) is 24.1 Å². The second kappa shape index (κ2) is 9.56. The van der Waals surface area contributed by atoms with Crippen LogP contribution in [0, 0.1) is 29.8 Å². The van der Waals surface area contributed by atoms with Crippen LogP contribution in [0.2, 0.25) is 0 Å². The fourth-order valence-corrected chi connectivity index (χ4v) is 4.87. The van der Waals surface area contributed by atoms with Gasteiger partial charge in [-0.15, -0.1) is 11.3 Å². The highest BCUT2D eigenvalue weighted by atomic mass is 32.2. The van der Waals surface area contributed by atoms with E-state index in [-0.39, 0.29) is 22.7 Å². The van der Waals surface area contributed by atoms with Crippen molar-refractivity contribution in [3.63, 3.8) is 0 Å². The Labute approximate surface area is 185 Å². The molecule has 0 aliphatic heterocycles. The first-order valence-electron chi connectivity index (χ1n) is 9.60. The second-order valence-corrected chi connectivity index (χ2v) is 9.07. The van der Waals surface area contributed by atoms with E-state index in [1.165, 1.54) is 11.3 Å². The number of carbonyl (C=O) groups is 1. The smallest absolute Gasteiger partial charge is 0.271 e. The Morgan fingerprint density at radius 2 is 2.13 bits per heavy atom. The number of amides is 1. The van der Waals surface area contributed by atoms with Gasteiger partial charge in [0.25, 0.3) is 11.2 Å². The molecule has 0 radical (unpaired) electrons. The molecule has 2 heterocycles. The number of aromatic nitrogens is 2. The van der Waals surface area contributed by atoms with Gasteiger partial charge >= 0.3 is 0 Å². The Morgan fingerprint density at radius 3 is 2.81 bits per heavy atom. The Balaban J connectivity index is 1.84. The maximum Gasteiger partial charge on any atom is 0.271 e. The molecule has 164 valence electrons. The molecule has 31 heavy (non-hydrogen) atoms. The van der Waals surface area contributed by atoms with Crippen molar-refractivity contribution in [3.8, 4) is 0 Å². The fourth-order valence-electron chi connectivity index (χ4n) is 2.97. The highest BCUT2D eigenvalue weighted by molar-refractivity contribution is 7.99. The summed E-state index contributed by atoms with van der Waals surface area (Å²) in [6.07, 6.45) is 1.68. The van der Waals surface area contributed by atoms with Crippen LogP contribution >= 0.6 is 23.1 Å². The number of thiophene rings is 1. The average Bonchev–Trinajstić information content (AvgIpc) is 3.01. The standard InChI is InChI=1S/C20H21FN4O4S2/c1-4-5-8-24-19(27)17-11(2)12(3)31-18(17)23-20(24)30-10-16(26)22-15-9-13(25(28)29)6-7-14(15)21/h6-7,9H,4-5,8,10H2,1-3H3,(H,22,26). The third-order valence-electron chi connectivity index (χ3n) is 4.76. The molecule has 2 aromatic heterocycles. The second-order valence-electron chi connectivity index (χ2n) is 6.93. The SMILES string of the molecule is CCCCn1c(SCC(=O)Nc2cc([N+](=O)[O-])ccc2F)nc2sc(C)c(C)c2c1=O. The van der Waals surface area contributed by atoms with Crippen LogP contribution in [0.5, 0.6) is 0 Å². The summed E-state index contributed by atoms with van der Waals surface area (Å²) in [5.74, 6) is -1.46. The van der Waals surface area contributed by atoms with Crippen molar-refractivity contribution in [2.45, 2.75) is 45.3 Å². The number of aryl methyl sites for hydroxylation is 2. The molecule has 0 saturated carbocycles. The summed E-state index contributed by atoms with van der Waals surface area (Å²) in [5, 5.41) is 14.2. The number of benzene rings is 1. The highest BCUT2D eigenvalue weighted by Crippen LogP contribution is 2.29. The number of unbranched alkanes of at least 4 members (excludes halogenated alkanes) is 1. The van der Waals surface area contributed by atoms with Crippen LogP contribution in [0.25, 0.3) is 10.2 Å². The number of nitrogens with zero attached hydrogens (tertiary/aromatic N) is 3. The number of nitro groups is 1. The van der Waals surface area contributed by atoms with E-state index in [0.717, 1.165) is 53.2 Å². The van der Waals surface area contributed by atoms with Gasteiger partial charge in [0.05, 0.1) is 21.7 Å². The molecule has 0 unspecified atom stereocenters. The van der Waals surface area contributed by atoms with Crippen LogP contribution in [0.4, 0.5) is 15.8 Å². The maximum atomic E-state index is 13.9. The molecule has 0 aliphatic carbocycles. The molecule has 11 heteroatoms. The number of rotatable bonds is 8. The quantitative estimate of drug-likeness (QED) is 0.225. The molecule has 0 bridgehead atoms. The zero-order valence-electron chi connectivity index (χ0n) is 17.2. The largest absolute Gasteiger partial charge is 0.323 e. The molecule has 3 aromatic rings. The molecule has 0 saturated heterocycles. The van der Waals surface area contributed by atoms with Gasteiger partial charge in [-0.2, -0.15) is 0 Å². The lowest BCUT2D eigenvalue weighted by molar-refractivity contribution is -0.384. The van der Waals surface area contributed by atoms with Crippen molar-refractivity contribution < 1.29 is 14.1 Å². The Kier molecular flexibility index (Phi) is 7.06. The number of thioether (sulfide) groups is 1. The van der Waals surface area contributed by atoms with Crippen LogP contribution in [-0.2, 0) is 11.3 Å². The minimum absolute atomic E-state index is 0.129. The molecule has 0 aliphatic rings. The number of hydrogen-bond acceptors (Lipinski definition) is 7. The Bertz CT molecular complexity index is 1220. The van der Waals surface area contributed by atoms with Crippen LogP contribution in [0.1, 0.15) is 30.2 Å². The van der Waals surface area contributed by atoms with Gasteiger partial charge < -0.3 is 5.32 Å². The number of anilines is 1. The molecule has 3 rings (SSSR count). The van der Waals surface area contributed by atoms with Gasteiger partial charge in [0.2, 0.25) is 5.91 Å². The highest BCUT2D eigenvalue weighted by Gasteiger charge is 2.18. The van der Waals surface area contributed by atoms with Gasteiger partial charge in [-0.05, 0) is 31.9 Å². The summed E-state index contributed by atoms with van der Waals surface area (Å²) in [6, 6.07) is 2.92. The van der Waals surface area contributed by atoms with E-state index in [0.29, 0.717) is 21.9 Å². The molecule has 0 atom stereocenters. The predicted octanol–water partition coefficient (Wildman–Crippen LogP) is 4.65. The normalized spacial score (nSPS) is 11.1. The third kappa shape index (κ3) is 4.93. The van der Waals surface area contributed by atoms with Crippen molar-refractivity contribution in [2.24, 2.45) is 0 Å². The van der Waals surface area contributed by atoms with E-state index in [1.807, 2.05) is 20.8 Å². The number of nitrogens with one attached hydrogen (secondary N) is 1. The Hall–Kier alpha value is -2.79. The zero-order chi connectivity index (χ0) is 22.7. The van der Waals surface area contributed by atoms with Crippen LogP contribution < -0.4 is 10.9 Å². The van der Waals surface area contributed by atoms with Crippen molar-refractivity contribution in [1.29, 1.82) is 0 Å². The summed E-state index contributed by atoms with van der Waals surface area (Å²) in [6.45, 7) is 6.33. The van der Waals surface area contributed by atoms with Gasteiger partial charge in [-0.25, -0.2) is 9.37 Å². The van der Waals surface area contributed by atoms with E-state index in [4.69, 9.17) is 0 Å². The molecule has 1 aromatic carbocycles. The first-order valence-corrected chi connectivity index (χ1v) is 11.4. The van der Waals surface area contributed by atoms with E-state index in [1.54, 1.807) is 4.57 Å². The molecule has 1 amide bonds. The van der Waals surface area contributed by atoms with Crippen LogP contribution in [-0.4, -0.2) is 26.1 Å². The lowest BCUT2D eigenvalue weighted by Gasteiger charge is -2.12. The predicted molar refractivity (Wildman–Crippen MR) is 121 cm³/mol. The van der Waals surface area contributed by atoms with E-state index < -0.39 is 16.6 Å². The topological polar surface area (TPSA) is 107 Å². The number of nitro benzene ring substituents is 1. The van der Waals surface area contributed by atoms with Gasteiger partial charge in [-0.3, -0.25) is 24.3 Å². The summed E-state index contributed by atoms with van der Waals surface area (Å²) in [5.41, 5.74) is 0.190. The summed E-state index contributed by atoms with van der Waals surface area (Å²) < 4.78 is 15.5. The summed E-state index contributed by atoms with van der Waals surface area (Å²) in [4.78, 5) is 41.9. The molecular weight excluding hydrogens is 443 g/mol. The fraction of sp³-hybridized carbons (Fsp3) is 0.350. The molecule has 0 spiro atoms. The number of halogens is 1. The monoisotopic (exact) mass is 464 g/mol. The molecule has 1 N–H and O–H groups in total. The van der Waals surface area contributed by atoms with Crippen molar-refractivity contribution in [2.75, 3.05) is 11.1 Å². The first kappa shape index (κ1) is 22.9. The van der Waals surface area contributed by atoms with Gasteiger partial charge in [0.15, 0.2) is 5.16 Å². The first-order chi connectivity index (χ1) is 14.7. The van der Waals surface area contributed by atoms with Crippen LogP contribution in [0.3, 0.4) is 0 Å². The molecular formula is C20H21FN4O4S2. The minimum Gasteiger partial charge on any atom is -0.323 e. The van der Waals surface area contributed by atoms with E-state index >= 15 is 0 Å². The molecule has 8 nitrogen and oxygen atoms in total. The minimum atomic E-state index is -0.770. The Morgan fingerprint density at radius 1 is 1.39 bits per heavy atom. The summed E-state index contributed by atoms with van der Waals surface area (Å²) >= 11 is 2.51. The van der Waals surface area contributed by atoms with Gasteiger partial charge in [-0.1, -0.05) is 25.1 Å². The number of carbonyl (C=O) groups excluding carboxylic acids is 1. The number of hydrogen-bond donors (Lipinski definition) is 1. The number of fused-ring (bicyclic) bond motifs is 1.